The van der Waals surface area contributed by atoms with Crippen molar-refractivity contribution in [2.24, 2.45) is 5.73 Å². The van der Waals surface area contributed by atoms with Crippen LogP contribution >= 0.6 is 0 Å². The summed E-state index contributed by atoms with van der Waals surface area (Å²) in [6, 6.07) is 7.61. The molecule has 0 aliphatic heterocycles. The number of aliphatic carboxylic acids is 1. The molecular weight excluding hydrogens is 322 g/mol. The third-order valence-electron chi connectivity index (χ3n) is 3.96. The molecule has 25 heavy (non-hydrogen) atoms. The van der Waals surface area contributed by atoms with E-state index in [-0.39, 0.29) is 12.8 Å². The molecule has 2 aromatic heterocycles. The summed E-state index contributed by atoms with van der Waals surface area (Å²) in [5.74, 6) is -1.63. The Morgan fingerprint density at radius 3 is 2.72 bits per heavy atom. The van der Waals surface area contributed by atoms with Gasteiger partial charge in [-0.2, -0.15) is 0 Å². The maximum atomic E-state index is 12.2. The molecule has 1 aromatic carbocycles. The molecule has 2 atom stereocenters. The number of hydrogen-bond donors (Lipinski definition) is 5. The van der Waals surface area contributed by atoms with Crippen LogP contribution in [0.5, 0.6) is 0 Å². The van der Waals surface area contributed by atoms with Gasteiger partial charge in [-0.1, -0.05) is 18.2 Å². The van der Waals surface area contributed by atoms with Gasteiger partial charge in [-0.3, -0.25) is 4.79 Å². The van der Waals surface area contributed by atoms with Crippen molar-refractivity contribution in [1.29, 1.82) is 0 Å². The second-order valence-electron chi connectivity index (χ2n) is 5.87. The summed E-state index contributed by atoms with van der Waals surface area (Å²) < 4.78 is 0. The number of aromatic amines is 2. The topological polar surface area (TPSA) is 137 Å². The maximum Gasteiger partial charge on any atom is 0.326 e. The third kappa shape index (κ3) is 4.04. The number of fused-ring (bicyclic) bond motifs is 1. The number of nitrogens with two attached hydrogens (primary N) is 1. The lowest BCUT2D eigenvalue weighted by Crippen LogP contribution is -2.50. The van der Waals surface area contributed by atoms with Gasteiger partial charge in [0.05, 0.1) is 12.4 Å². The first-order chi connectivity index (χ1) is 12.0. The highest BCUT2D eigenvalue weighted by Gasteiger charge is 2.24. The Morgan fingerprint density at radius 2 is 2.04 bits per heavy atom. The van der Waals surface area contributed by atoms with Crippen molar-refractivity contribution in [3.63, 3.8) is 0 Å². The summed E-state index contributed by atoms with van der Waals surface area (Å²) in [7, 11) is 0. The van der Waals surface area contributed by atoms with Crippen molar-refractivity contribution in [2.45, 2.75) is 24.9 Å². The van der Waals surface area contributed by atoms with Crippen LogP contribution in [0, 0.1) is 0 Å². The Morgan fingerprint density at radius 1 is 1.24 bits per heavy atom. The number of para-hydroxylation sites is 1. The minimum absolute atomic E-state index is 0.145. The average Bonchev–Trinajstić information content (AvgIpc) is 3.22. The minimum atomic E-state index is -1.11. The van der Waals surface area contributed by atoms with E-state index in [1.807, 2.05) is 30.3 Å². The second kappa shape index (κ2) is 7.18. The number of nitrogens with one attached hydrogen (secondary N) is 3. The highest BCUT2D eigenvalue weighted by atomic mass is 16.4. The SMILES string of the molecule is N[C@@H](Cc1cnc[nH]1)C(=O)N[C@H](Cc1cc2ccccc2[nH]1)C(=O)O. The zero-order valence-electron chi connectivity index (χ0n) is 13.4. The summed E-state index contributed by atoms with van der Waals surface area (Å²) in [5.41, 5.74) is 8.22. The zero-order chi connectivity index (χ0) is 17.8. The molecule has 1 amide bonds. The van der Waals surface area contributed by atoms with E-state index in [9.17, 15) is 14.7 Å². The van der Waals surface area contributed by atoms with Gasteiger partial charge in [0.2, 0.25) is 5.91 Å². The Hall–Kier alpha value is -3.13. The summed E-state index contributed by atoms with van der Waals surface area (Å²) in [4.78, 5) is 33.6. The number of rotatable bonds is 7. The van der Waals surface area contributed by atoms with Crippen LogP contribution in [0.25, 0.3) is 10.9 Å². The van der Waals surface area contributed by atoms with Crippen molar-refractivity contribution in [3.05, 3.63) is 54.2 Å². The van der Waals surface area contributed by atoms with Crippen molar-refractivity contribution in [1.82, 2.24) is 20.3 Å². The molecule has 3 aromatic rings. The van der Waals surface area contributed by atoms with Crippen LogP contribution in [-0.2, 0) is 22.4 Å². The fraction of sp³-hybridized carbons (Fsp3) is 0.235. The van der Waals surface area contributed by atoms with Crippen LogP contribution < -0.4 is 11.1 Å². The molecule has 0 bridgehead atoms. The summed E-state index contributed by atoms with van der Waals surface area (Å²) in [5, 5.41) is 12.9. The average molecular weight is 341 g/mol. The molecule has 0 saturated heterocycles. The zero-order valence-corrected chi connectivity index (χ0v) is 13.4. The minimum Gasteiger partial charge on any atom is -0.480 e. The van der Waals surface area contributed by atoms with Gasteiger partial charge in [0, 0.05) is 35.9 Å². The number of amides is 1. The first-order valence-corrected chi connectivity index (χ1v) is 7.85. The number of benzene rings is 1. The van der Waals surface area contributed by atoms with Gasteiger partial charge in [-0.25, -0.2) is 9.78 Å². The summed E-state index contributed by atoms with van der Waals surface area (Å²) in [6.07, 6.45) is 3.47. The monoisotopic (exact) mass is 341 g/mol. The van der Waals surface area contributed by atoms with Gasteiger partial charge in [-0.15, -0.1) is 0 Å². The standard InChI is InChI=1S/C17H19N5O3/c18-13(6-12-8-19-9-20-12)16(23)22-15(17(24)25)7-11-5-10-3-1-2-4-14(10)21-11/h1-5,8-9,13,15,21H,6-7,18H2,(H,19,20)(H,22,23)(H,24,25)/t13-,15+/m0/s1. The molecule has 0 aliphatic carbocycles. The number of carbonyl (C=O) groups is 2. The van der Waals surface area contributed by atoms with E-state index in [0.29, 0.717) is 5.69 Å². The van der Waals surface area contributed by atoms with Gasteiger partial charge < -0.3 is 26.1 Å². The van der Waals surface area contributed by atoms with E-state index >= 15 is 0 Å². The van der Waals surface area contributed by atoms with Crippen LogP contribution in [0.2, 0.25) is 0 Å². The normalized spacial score (nSPS) is 13.5. The predicted molar refractivity (Wildman–Crippen MR) is 91.8 cm³/mol. The highest BCUT2D eigenvalue weighted by Crippen LogP contribution is 2.16. The molecule has 3 rings (SSSR count). The molecule has 8 heteroatoms. The van der Waals surface area contributed by atoms with Crippen LogP contribution in [0.3, 0.4) is 0 Å². The molecule has 0 radical (unpaired) electrons. The van der Waals surface area contributed by atoms with Crippen LogP contribution in [0.15, 0.2) is 42.9 Å². The second-order valence-corrected chi connectivity index (χ2v) is 5.87. The van der Waals surface area contributed by atoms with Crippen molar-refractivity contribution < 1.29 is 14.7 Å². The molecule has 6 N–H and O–H groups in total. The number of carboxylic acid groups (broad SMARTS) is 1. The lowest BCUT2D eigenvalue weighted by molar-refractivity contribution is -0.142. The Labute approximate surface area is 143 Å². The molecule has 0 spiro atoms. The fourth-order valence-electron chi connectivity index (χ4n) is 2.67. The maximum absolute atomic E-state index is 12.2. The molecule has 0 fully saturated rings. The van der Waals surface area contributed by atoms with Crippen molar-refractivity contribution in [3.8, 4) is 0 Å². The molecule has 8 nitrogen and oxygen atoms in total. The van der Waals surface area contributed by atoms with Crippen LogP contribution in [-0.4, -0.2) is 44.0 Å². The van der Waals surface area contributed by atoms with Crippen LogP contribution in [0.4, 0.5) is 0 Å². The van der Waals surface area contributed by atoms with Gasteiger partial charge in [-0.05, 0) is 17.5 Å². The summed E-state index contributed by atoms with van der Waals surface area (Å²) in [6.45, 7) is 0. The van der Waals surface area contributed by atoms with Gasteiger partial charge >= 0.3 is 5.97 Å². The van der Waals surface area contributed by atoms with E-state index in [2.05, 4.69) is 20.3 Å². The smallest absolute Gasteiger partial charge is 0.326 e. The van der Waals surface area contributed by atoms with Gasteiger partial charge in [0.15, 0.2) is 0 Å². The quantitative estimate of drug-likeness (QED) is 0.428. The van der Waals surface area contributed by atoms with E-state index in [0.717, 1.165) is 16.6 Å². The number of H-pyrrole nitrogens is 2. The highest BCUT2D eigenvalue weighted by molar-refractivity contribution is 5.87. The molecule has 0 saturated carbocycles. The lowest BCUT2D eigenvalue weighted by Gasteiger charge is -2.17. The number of aromatic nitrogens is 3. The molecule has 130 valence electrons. The molecular formula is C17H19N5O3. The van der Waals surface area contributed by atoms with Crippen molar-refractivity contribution >= 4 is 22.8 Å². The number of nitrogens with zero attached hydrogens (tertiary/aromatic N) is 1. The fourth-order valence-corrected chi connectivity index (χ4v) is 2.67. The Balaban J connectivity index is 1.66. The third-order valence-corrected chi connectivity index (χ3v) is 3.96. The van der Waals surface area contributed by atoms with E-state index in [1.54, 1.807) is 6.20 Å². The first kappa shape index (κ1) is 16.7. The molecule has 2 heterocycles. The lowest BCUT2D eigenvalue weighted by atomic mass is 10.1. The summed E-state index contributed by atoms with van der Waals surface area (Å²) >= 11 is 0. The Kier molecular flexibility index (Phi) is 4.80. The van der Waals surface area contributed by atoms with Crippen molar-refractivity contribution in [2.75, 3.05) is 0 Å². The predicted octanol–water partition coefficient (Wildman–Crippen LogP) is 0.573. The van der Waals surface area contributed by atoms with E-state index < -0.39 is 24.0 Å². The largest absolute Gasteiger partial charge is 0.480 e. The molecule has 0 unspecified atom stereocenters. The van der Waals surface area contributed by atoms with Gasteiger partial charge in [0.1, 0.15) is 6.04 Å². The van der Waals surface area contributed by atoms with Crippen LogP contribution in [0.1, 0.15) is 11.4 Å². The number of carboxylic acids is 1. The van der Waals surface area contributed by atoms with E-state index in [1.165, 1.54) is 6.33 Å². The number of hydrogen-bond acceptors (Lipinski definition) is 4. The molecule has 0 aliphatic rings. The first-order valence-electron chi connectivity index (χ1n) is 7.85. The number of imidazole rings is 1. The van der Waals surface area contributed by atoms with Gasteiger partial charge in [0.25, 0.3) is 0 Å². The number of carbonyl (C=O) groups excluding carboxylic acids is 1. The van der Waals surface area contributed by atoms with E-state index in [4.69, 9.17) is 5.73 Å². The Bertz CT molecular complexity index is 838.